The highest BCUT2D eigenvalue weighted by Crippen LogP contribution is 2.30. The molecule has 0 saturated carbocycles. The van der Waals surface area contributed by atoms with Gasteiger partial charge < -0.3 is 5.21 Å². The molecule has 0 atom stereocenters. The minimum atomic E-state index is -4.45. The molecule has 1 N–H and O–H groups in total. The van der Waals surface area contributed by atoms with Crippen LogP contribution in [0.4, 0.5) is 13.2 Å². The van der Waals surface area contributed by atoms with E-state index in [4.69, 9.17) is 0 Å². The quantitative estimate of drug-likeness (QED) is 0.447. The zero-order valence-electron chi connectivity index (χ0n) is 16.2. The van der Waals surface area contributed by atoms with Crippen molar-refractivity contribution in [2.24, 2.45) is 0 Å². The highest BCUT2D eigenvalue weighted by atomic mass is 19.4. The molecule has 3 aromatic carbocycles. The van der Waals surface area contributed by atoms with Crippen molar-refractivity contribution >= 4 is 0 Å². The lowest BCUT2D eigenvalue weighted by atomic mass is 10.0. The average molecular weight is 422 g/mol. The number of aromatic nitrogens is 2. The number of hydrogen-bond acceptors (Lipinski definition) is 3. The van der Waals surface area contributed by atoms with Gasteiger partial charge >= 0.3 is 11.7 Å². The number of rotatable bonds is 4. The maximum atomic E-state index is 12.8. The molecule has 0 fully saturated rings. The summed E-state index contributed by atoms with van der Waals surface area (Å²) >= 11 is 0. The van der Waals surface area contributed by atoms with Crippen molar-refractivity contribution in [1.82, 2.24) is 9.71 Å². The Kier molecular flexibility index (Phi) is 5.33. The summed E-state index contributed by atoms with van der Waals surface area (Å²) in [6, 6.07) is 21.8. The van der Waals surface area contributed by atoms with Crippen LogP contribution in [0.3, 0.4) is 0 Å². The van der Waals surface area contributed by atoms with Gasteiger partial charge in [-0.25, -0.2) is 4.98 Å². The van der Waals surface area contributed by atoms with E-state index in [0.717, 1.165) is 35.0 Å². The molecule has 0 radical (unpaired) electrons. The van der Waals surface area contributed by atoms with Crippen molar-refractivity contribution in [3.8, 4) is 22.4 Å². The first-order valence-corrected chi connectivity index (χ1v) is 9.45. The Morgan fingerprint density at radius 3 is 2.00 bits per heavy atom. The van der Waals surface area contributed by atoms with E-state index in [1.807, 2.05) is 54.6 Å². The van der Waals surface area contributed by atoms with Crippen molar-refractivity contribution in [2.45, 2.75) is 12.6 Å². The fraction of sp³-hybridized carbons (Fsp3) is 0.0833. The van der Waals surface area contributed by atoms with Crippen LogP contribution in [0.2, 0.25) is 0 Å². The van der Waals surface area contributed by atoms with Crippen LogP contribution in [0.1, 0.15) is 16.8 Å². The summed E-state index contributed by atoms with van der Waals surface area (Å²) in [5.74, 6) is 0. The highest BCUT2D eigenvalue weighted by molar-refractivity contribution is 5.63. The predicted octanol–water partition coefficient (Wildman–Crippen LogP) is 5.42. The Bertz CT molecular complexity index is 1250. The van der Waals surface area contributed by atoms with Gasteiger partial charge in [0.25, 0.3) is 0 Å². The second kappa shape index (κ2) is 8.10. The van der Waals surface area contributed by atoms with Crippen molar-refractivity contribution in [1.29, 1.82) is 0 Å². The van der Waals surface area contributed by atoms with Crippen molar-refractivity contribution in [3.63, 3.8) is 0 Å². The standard InChI is InChI=1S/C24H17F3N2O2/c25-24(26,27)20-12-10-19(11-13-20)22-15-29(31)23(30)21(28-22)14-16-6-8-18(9-7-16)17-4-2-1-3-5-17/h1-13,15,31H,14H2. The van der Waals surface area contributed by atoms with Gasteiger partial charge in [-0.05, 0) is 28.8 Å². The smallest absolute Gasteiger partial charge is 0.416 e. The normalized spacial score (nSPS) is 11.5. The van der Waals surface area contributed by atoms with Gasteiger partial charge in [-0.3, -0.25) is 4.79 Å². The largest absolute Gasteiger partial charge is 0.425 e. The molecule has 0 unspecified atom stereocenters. The first-order valence-electron chi connectivity index (χ1n) is 9.45. The molecule has 0 saturated heterocycles. The molecule has 7 heteroatoms. The third-order valence-corrected chi connectivity index (χ3v) is 4.90. The Morgan fingerprint density at radius 1 is 0.806 bits per heavy atom. The molecule has 31 heavy (non-hydrogen) atoms. The fourth-order valence-electron chi connectivity index (χ4n) is 3.25. The topological polar surface area (TPSA) is 55.1 Å². The Labute approximate surface area is 175 Å². The van der Waals surface area contributed by atoms with Crippen molar-refractivity contribution in [3.05, 3.63) is 112 Å². The highest BCUT2D eigenvalue weighted by Gasteiger charge is 2.30. The van der Waals surface area contributed by atoms with Crippen LogP contribution in [0, 0.1) is 0 Å². The van der Waals surface area contributed by atoms with Gasteiger partial charge in [-0.2, -0.15) is 17.9 Å². The maximum absolute atomic E-state index is 12.8. The van der Waals surface area contributed by atoms with E-state index < -0.39 is 17.3 Å². The number of alkyl halides is 3. The van der Waals surface area contributed by atoms with E-state index in [1.165, 1.54) is 12.1 Å². The number of hydrogen-bond donors (Lipinski definition) is 1. The molecule has 4 nitrogen and oxygen atoms in total. The molecule has 4 aromatic rings. The lowest BCUT2D eigenvalue weighted by Crippen LogP contribution is -2.24. The Hall–Kier alpha value is -3.87. The second-order valence-electron chi connectivity index (χ2n) is 7.04. The molecule has 0 bridgehead atoms. The van der Waals surface area contributed by atoms with Crippen LogP contribution in [0.15, 0.2) is 89.9 Å². The summed E-state index contributed by atoms with van der Waals surface area (Å²) in [6.45, 7) is 0. The van der Waals surface area contributed by atoms with Crippen LogP contribution in [0.5, 0.6) is 0 Å². The fourth-order valence-corrected chi connectivity index (χ4v) is 3.25. The molecule has 0 aliphatic carbocycles. The monoisotopic (exact) mass is 422 g/mol. The second-order valence-corrected chi connectivity index (χ2v) is 7.04. The van der Waals surface area contributed by atoms with Gasteiger partial charge in [0.1, 0.15) is 5.69 Å². The van der Waals surface area contributed by atoms with E-state index in [0.29, 0.717) is 10.3 Å². The molecule has 1 aromatic heterocycles. The van der Waals surface area contributed by atoms with Crippen molar-refractivity contribution < 1.29 is 18.4 Å². The first-order chi connectivity index (χ1) is 14.8. The van der Waals surface area contributed by atoms with Gasteiger partial charge in [0.2, 0.25) is 0 Å². The summed E-state index contributed by atoms with van der Waals surface area (Å²) in [5.41, 5.74) is 2.09. The predicted molar refractivity (Wildman–Crippen MR) is 111 cm³/mol. The lowest BCUT2D eigenvalue weighted by molar-refractivity contribution is -0.137. The average Bonchev–Trinajstić information content (AvgIpc) is 2.77. The van der Waals surface area contributed by atoms with Gasteiger partial charge in [-0.1, -0.05) is 66.7 Å². The zero-order chi connectivity index (χ0) is 22.0. The van der Waals surface area contributed by atoms with Crippen LogP contribution in [-0.2, 0) is 12.6 Å². The summed E-state index contributed by atoms with van der Waals surface area (Å²) in [6.07, 6.45) is -3.19. The molecule has 0 spiro atoms. The molecule has 0 aliphatic rings. The van der Waals surface area contributed by atoms with Crippen LogP contribution >= 0.6 is 0 Å². The maximum Gasteiger partial charge on any atom is 0.416 e. The van der Waals surface area contributed by atoms with Gasteiger partial charge in [0.05, 0.1) is 17.5 Å². The third kappa shape index (κ3) is 4.50. The Morgan fingerprint density at radius 2 is 1.39 bits per heavy atom. The van der Waals surface area contributed by atoms with Gasteiger partial charge in [-0.15, -0.1) is 0 Å². The summed E-state index contributed by atoms with van der Waals surface area (Å²) < 4.78 is 38.8. The first kappa shape index (κ1) is 20.4. The number of nitrogens with zero attached hydrogens (tertiary/aromatic N) is 2. The van der Waals surface area contributed by atoms with E-state index in [1.54, 1.807) is 0 Å². The van der Waals surface area contributed by atoms with Gasteiger partial charge in [0.15, 0.2) is 0 Å². The van der Waals surface area contributed by atoms with Crippen LogP contribution in [0.25, 0.3) is 22.4 Å². The third-order valence-electron chi connectivity index (χ3n) is 4.90. The minimum Gasteiger partial charge on any atom is -0.425 e. The number of halogens is 3. The zero-order valence-corrected chi connectivity index (χ0v) is 16.2. The van der Waals surface area contributed by atoms with E-state index in [-0.39, 0.29) is 17.8 Å². The molecule has 156 valence electrons. The van der Waals surface area contributed by atoms with E-state index in [2.05, 4.69) is 4.98 Å². The Balaban J connectivity index is 1.62. The molecule has 0 amide bonds. The van der Waals surface area contributed by atoms with Crippen LogP contribution < -0.4 is 5.56 Å². The molecular formula is C24H17F3N2O2. The summed E-state index contributed by atoms with van der Waals surface area (Å²) in [7, 11) is 0. The molecule has 1 heterocycles. The minimum absolute atomic E-state index is 0.0901. The van der Waals surface area contributed by atoms with Gasteiger partial charge in [0, 0.05) is 12.0 Å². The van der Waals surface area contributed by atoms with E-state index >= 15 is 0 Å². The summed E-state index contributed by atoms with van der Waals surface area (Å²) in [4.78, 5) is 16.6. The summed E-state index contributed by atoms with van der Waals surface area (Å²) in [5, 5.41) is 9.98. The lowest BCUT2D eigenvalue weighted by Gasteiger charge is -2.10. The van der Waals surface area contributed by atoms with Crippen LogP contribution in [-0.4, -0.2) is 14.9 Å². The molecule has 4 rings (SSSR count). The molecule has 0 aliphatic heterocycles. The SMILES string of the molecule is O=c1c(Cc2ccc(-c3ccccc3)cc2)nc(-c2ccc(C(F)(F)F)cc2)cn1O. The van der Waals surface area contributed by atoms with Crippen molar-refractivity contribution in [2.75, 3.05) is 0 Å². The number of benzene rings is 3. The van der Waals surface area contributed by atoms with E-state index in [9.17, 15) is 23.2 Å². The molecular weight excluding hydrogens is 405 g/mol.